The van der Waals surface area contributed by atoms with Crippen molar-refractivity contribution in [2.75, 3.05) is 13.7 Å². The molecule has 6 atom stereocenters. The Labute approximate surface area is 229 Å². The van der Waals surface area contributed by atoms with Crippen molar-refractivity contribution in [3.05, 3.63) is 35.9 Å². The molecule has 0 N–H and O–H groups in total. The van der Waals surface area contributed by atoms with Crippen molar-refractivity contribution < 1.29 is 61.9 Å². The molecular formula is C26H31NO13. The number of hydrogen-bond donors (Lipinski definition) is 0. The Balaban J connectivity index is 2.13. The van der Waals surface area contributed by atoms with Crippen LogP contribution in [-0.4, -0.2) is 90.7 Å². The van der Waals surface area contributed by atoms with Crippen LogP contribution in [0.2, 0.25) is 0 Å². The van der Waals surface area contributed by atoms with E-state index in [-0.39, 0.29) is 6.61 Å². The first-order valence-corrected chi connectivity index (χ1v) is 12.3. The largest absolute Gasteiger partial charge is 0.465 e. The van der Waals surface area contributed by atoms with E-state index >= 15 is 0 Å². The van der Waals surface area contributed by atoms with Gasteiger partial charge in [0.05, 0.1) is 20.1 Å². The third kappa shape index (κ3) is 6.93. The van der Waals surface area contributed by atoms with Crippen LogP contribution >= 0.6 is 0 Å². The van der Waals surface area contributed by atoms with E-state index in [0.717, 1.165) is 39.7 Å². The highest BCUT2D eigenvalue weighted by Gasteiger charge is 2.64. The van der Waals surface area contributed by atoms with Crippen molar-refractivity contribution in [2.24, 2.45) is 0 Å². The first-order valence-electron chi connectivity index (χ1n) is 12.3. The minimum absolute atomic E-state index is 0.149. The summed E-state index contributed by atoms with van der Waals surface area (Å²) in [6.07, 6.45) is -7.30. The van der Waals surface area contributed by atoms with Crippen LogP contribution in [0.3, 0.4) is 0 Å². The number of carbonyl (C=O) groups excluding carboxylic acids is 6. The molecule has 14 nitrogen and oxygen atoms in total. The van der Waals surface area contributed by atoms with E-state index in [1.54, 1.807) is 30.3 Å². The number of carbonyl (C=O) groups is 6. The van der Waals surface area contributed by atoms with Crippen LogP contribution in [-0.2, 0) is 63.7 Å². The van der Waals surface area contributed by atoms with Crippen LogP contribution in [0.25, 0.3) is 0 Å². The number of hydrogen-bond acceptors (Lipinski definition) is 13. The molecule has 14 heteroatoms. The summed E-state index contributed by atoms with van der Waals surface area (Å²) in [6.45, 7) is 3.61. The maximum absolute atomic E-state index is 13.2. The minimum Gasteiger partial charge on any atom is -0.465 e. The van der Waals surface area contributed by atoms with Gasteiger partial charge in [-0.3, -0.25) is 19.2 Å². The summed E-state index contributed by atoms with van der Waals surface area (Å²) < 4.78 is 38.4. The van der Waals surface area contributed by atoms with E-state index in [9.17, 15) is 28.8 Å². The highest BCUT2D eigenvalue weighted by molar-refractivity contribution is 5.93. The lowest BCUT2D eigenvalue weighted by Gasteiger charge is -2.46. The lowest BCUT2D eigenvalue weighted by atomic mass is 9.88. The fourth-order valence-electron chi connectivity index (χ4n) is 4.63. The predicted octanol–water partition coefficient (Wildman–Crippen LogP) is 1.02. The molecule has 0 aliphatic carbocycles. The van der Waals surface area contributed by atoms with E-state index in [1.807, 2.05) is 0 Å². The molecule has 2 aliphatic rings. The SMILES string of the molecule is COC(=O)[C@@]1(OCc2ccccc2)C[C@@H]2OC(=O)N(C(C)=O)[C@H]2[C@H]([C@H](OC(C)=O)[C@@H](COC(C)=O)OC(C)=O)O1. The van der Waals surface area contributed by atoms with Gasteiger partial charge in [-0.25, -0.2) is 14.5 Å². The van der Waals surface area contributed by atoms with Crippen molar-refractivity contribution in [2.45, 2.75) is 77.0 Å². The van der Waals surface area contributed by atoms with E-state index in [1.165, 1.54) is 0 Å². The number of ether oxygens (including phenoxy) is 7. The standard InChI is InChI=1S/C26H31NO13/c1-14(28)27-21-19(39-25(27)33)11-26(24(32)34-5,36-12-18-9-7-6-8-10-18)40-23(21)22(38-17(4)31)20(37-16(3)30)13-35-15(2)29/h6-10,19-23H,11-13H2,1-5H3/t19-,20+,21+,22+,23+,26+/m0/s1. The summed E-state index contributed by atoms with van der Waals surface area (Å²) in [5, 5.41) is 0. The number of methoxy groups -OCH3 is 1. The van der Waals surface area contributed by atoms with Gasteiger partial charge in [-0.1, -0.05) is 30.3 Å². The topological polar surface area (TPSA) is 170 Å². The Hall–Kier alpha value is -4.04. The molecule has 218 valence electrons. The maximum atomic E-state index is 13.2. The zero-order chi connectivity index (χ0) is 29.6. The van der Waals surface area contributed by atoms with Crippen LogP contribution in [0.4, 0.5) is 4.79 Å². The zero-order valence-corrected chi connectivity index (χ0v) is 22.6. The average Bonchev–Trinajstić information content (AvgIpc) is 3.23. The predicted molar refractivity (Wildman–Crippen MR) is 130 cm³/mol. The third-order valence-electron chi connectivity index (χ3n) is 6.17. The normalized spacial score (nSPS) is 25.1. The highest BCUT2D eigenvalue weighted by Crippen LogP contribution is 2.42. The molecule has 2 aliphatic heterocycles. The summed E-state index contributed by atoms with van der Waals surface area (Å²) in [4.78, 5) is 75.0. The first-order chi connectivity index (χ1) is 18.9. The van der Waals surface area contributed by atoms with E-state index in [4.69, 9.17) is 33.2 Å². The fourth-order valence-corrected chi connectivity index (χ4v) is 4.63. The van der Waals surface area contributed by atoms with Gasteiger partial charge < -0.3 is 33.2 Å². The Morgan fingerprint density at radius 3 is 2.20 bits per heavy atom. The minimum atomic E-state index is -2.22. The second kappa shape index (κ2) is 12.9. The number of imide groups is 1. The summed E-state index contributed by atoms with van der Waals surface area (Å²) in [5.41, 5.74) is 0.658. The summed E-state index contributed by atoms with van der Waals surface area (Å²) >= 11 is 0. The summed E-state index contributed by atoms with van der Waals surface area (Å²) in [5.74, 6) is -6.39. The van der Waals surface area contributed by atoms with E-state index in [2.05, 4.69) is 0 Å². The van der Waals surface area contributed by atoms with Crippen LogP contribution in [0, 0.1) is 0 Å². The van der Waals surface area contributed by atoms with Gasteiger partial charge in [0.15, 0.2) is 12.2 Å². The van der Waals surface area contributed by atoms with Gasteiger partial charge in [-0.2, -0.15) is 0 Å². The van der Waals surface area contributed by atoms with Gasteiger partial charge in [0, 0.05) is 27.7 Å². The summed E-state index contributed by atoms with van der Waals surface area (Å²) in [6, 6.07) is 7.50. The van der Waals surface area contributed by atoms with Crippen LogP contribution in [0.1, 0.15) is 39.7 Å². The van der Waals surface area contributed by atoms with Crippen molar-refractivity contribution in [1.82, 2.24) is 4.90 Å². The lowest BCUT2D eigenvalue weighted by molar-refractivity contribution is -0.315. The number of amides is 2. The molecule has 2 fully saturated rings. The lowest BCUT2D eigenvalue weighted by Crippen LogP contribution is -2.67. The second-order valence-electron chi connectivity index (χ2n) is 9.13. The Bertz CT molecular complexity index is 1140. The van der Waals surface area contributed by atoms with Gasteiger partial charge in [-0.15, -0.1) is 0 Å². The molecule has 0 saturated carbocycles. The average molecular weight is 566 g/mol. The number of esters is 4. The van der Waals surface area contributed by atoms with Crippen LogP contribution in [0.5, 0.6) is 0 Å². The zero-order valence-electron chi connectivity index (χ0n) is 22.6. The summed E-state index contributed by atoms with van der Waals surface area (Å²) in [7, 11) is 1.09. The molecule has 1 aromatic rings. The molecule has 2 saturated heterocycles. The molecule has 0 bridgehead atoms. The molecule has 2 heterocycles. The molecule has 3 rings (SSSR count). The highest BCUT2D eigenvalue weighted by atomic mass is 16.7. The number of nitrogens with zero attached hydrogens (tertiary/aromatic N) is 1. The Morgan fingerprint density at radius 2 is 1.65 bits per heavy atom. The van der Waals surface area contributed by atoms with Crippen molar-refractivity contribution in [3.63, 3.8) is 0 Å². The van der Waals surface area contributed by atoms with Crippen molar-refractivity contribution in [3.8, 4) is 0 Å². The van der Waals surface area contributed by atoms with Crippen LogP contribution in [0.15, 0.2) is 30.3 Å². The van der Waals surface area contributed by atoms with Gasteiger partial charge in [0.2, 0.25) is 5.91 Å². The van der Waals surface area contributed by atoms with Gasteiger partial charge in [0.25, 0.3) is 5.79 Å². The number of benzene rings is 1. The Morgan fingerprint density at radius 1 is 1.00 bits per heavy atom. The smallest absolute Gasteiger partial charge is 0.417 e. The van der Waals surface area contributed by atoms with Crippen LogP contribution < -0.4 is 0 Å². The quantitative estimate of drug-likeness (QED) is 0.291. The maximum Gasteiger partial charge on any atom is 0.417 e. The Kier molecular flexibility index (Phi) is 9.82. The van der Waals surface area contributed by atoms with Gasteiger partial charge >= 0.3 is 30.0 Å². The molecule has 2 amide bonds. The molecule has 0 radical (unpaired) electrons. The number of fused-ring (bicyclic) bond motifs is 1. The molecule has 1 aromatic carbocycles. The molecule has 40 heavy (non-hydrogen) atoms. The van der Waals surface area contributed by atoms with Crippen molar-refractivity contribution in [1.29, 1.82) is 0 Å². The molecular weight excluding hydrogens is 534 g/mol. The molecule has 0 spiro atoms. The second-order valence-corrected chi connectivity index (χ2v) is 9.13. The molecule has 0 aromatic heterocycles. The van der Waals surface area contributed by atoms with E-state index < -0.39 is 85.2 Å². The van der Waals surface area contributed by atoms with E-state index in [0.29, 0.717) is 5.56 Å². The van der Waals surface area contributed by atoms with Crippen molar-refractivity contribution >= 4 is 35.9 Å². The van der Waals surface area contributed by atoms with Gasteiger partial charge in [0.1, 0.15) is 24.9 Å². The van der Waals surface area contributed by atoms with Gasteiger partial charge in [-0.05, 0) is 5.56 Å². The molecule has 0 unspecified atom stereocenters. The monoisotopic (exact) mass is 565 g/mol. The number of rotatable bonds is 10. The first kappa shape index (κ1) is 30.5. The third-order valence-corrected chi connectivity index (χ3v) is 6.17. The fraction of sp³-hybridized carbons (Fsp3) is 0.538.